The van der Waals surface area contributed by atoms with Crippen molar-refractivity contribution >= 4 is 17.7 Å². The second kappa shape index (κ2) is 10.9. The van der Waals surface area contributed by atoms with Crippen molar-refractivity contribution in [3.8, 4) is 17.1 Å². The van der Waals surface area contributed by atoms with Crippen LogP contribution < -0.4 is 4.74 Å². The van der Waals surface area contributed by atoms with Crippen molar-refractivity contribution in [3.05, 3.63) is 77.3 Å². The molecular formula is C27H31FO4S. The Hall–Kier alpha value is -2.73. The summed E-state index contributed by atoms with van der Waals surface area (Å²) in [5.74, 6) is 2.00. The third-order valence-electron chi connectivity index (χ3n) is 5.63. The fraction of sp³-hybridized carbons (Fsp3) is 0.370. The van der Waals surface area contributed by atoms with E-state index >= 15 is 0 Å². The Balaban J connectivity index is 1.70. The fourth-order valence-electron chi connectivity index (χ4n) is 3.58. The first-order valence-electron chi connectivity index (χ1n) is 11.1. The van der Waals surface area contributed by atoms with Gasteiger partial charge in [0.1, 0.15) is 27.8 Å². The van der Waals surface area contributed by atoms with Crippen LogP contribution in [0, 0.1) is 12.7 Å². The summed E-state index contributed by atoms with van der Waals surface area (Å²) in [6.45, 7) is 8.03. The van der Waals surface area contributed by atoms with Gasteiger partial charge in [0, 0.05) is 22.8 Å². The number of aryl methyl sites for hydroxylation is 1. The molecule has 1 atom stereocenters. The summed E-state index contributed by atoms with van der Waals surface area (Å²) in [4.78, 5) is 11.3. The molecule has 176 valence electrons. The Morgan fingerprint density at radius 1 is 1.18 bits per heavy atom. The number of thioether (sulfide) groups is 1. The average Bonchev–Trinajstić information content (AvgIpc) is 3.17. The van der Waals surface area contributed by atoms with Crippen molar-refractivity contribution in [2.45, 2.75) is 57.0 Å². The van der Waals surface area contributed by atoms with E-state index in [-0.39, 0.29) is 11.7 Å². The number of rotatable bonds is 11. The van der Waals surface area contributed by atoms with Crippen molar-refractivity contribution in [1.29, 1.82) is 0 Å². The molecule has 3 aromatic rings. The smallest absolute Gasteiger partial charge is 0.319 e. The van der Waals surface area contributed by atoms with E-state index < -0.39 is 10.7 Å². The zero-order valence-corrected chi connectivity index (χ0v) is 20.4. The Labute approximate surface area is 199 Å². The summed E-state index contributed by atoms with van der Waals surface area (Å²) in [5, 5.41) is 9.32. The minimum absolute atomic E-state index is 0.164. The van der Waals surface area contributed by atoms with Gasteiger partial charge in [0.15, 0.2) is 0 Å². The molecule has 1 aromatic heterocycles. The number of halogens is 1. The number of aliphatic carboxylic acids is 1. The molecular weight excluding hydrogens is 439 g/mol. The average molecular weight is 471 g/mol. The number of hydrogen-bond acceptors (Lipinski definition) is 4. The molecule has 3 rings (SSSR count). The highest BCUT2D eigenvalue weighted by Gasteiger charge is 2.27. The van der Waals surface area contributed by atoms with E-state index in [1.807, 2.05) is 37.3 Å². The number of ether oxygens (including phenoxy) is 1. The Morgan fingerprint density at radius 3 is 2.58 bits per heavy atom. The molecule has 2 aromatic carbocycles. The SMILES string of the molecule is CCCC(COc1cccc(CSC(C)(C)C(=O)O)c1)c1cc(-c2ccc(F)cc2)oc1C. The number of carbonyl (C=O) groups is 1. The number of carboxylic acids is 1. The Kier molecular flexibility index (Phi) is 8.25. The summed E-state index contributed by atoms with van der Waals surface area (Å²) in [6, 6.07) is 16.2. The molecule has 6 heteroatoms. The maximum absolute atomic E-state index is 13.3. The summed E-state index contributed by atoms with van der Waals surface area (Å²) in [5.41, 5.74) is 2.97. The molecule has 0 aliphatic carbocycles. The van der Waals surface area contributed by atoms with Gasteiger partial charge in [-0.15, -0.1) is 11.8 Å². The lowest BCUT2D eigenvalue weighted by atomic mass is 9.95. The van der Waals surface area contributed by atoms with E-state index in [4.69, 9.17) is 9.15 Å². The van der Waals surface area contributed by atoms with Crippen molar-refractivity contribution in [2.75, 3.05) is 6.61 Å². The Morgan fingerprint density at radius 2 is 1.91 bits per heavy atom. The molecule has 0 bridgehead atoms. The van der Waals surface area contributed by atoms with E-state index in [2.05, 4.69) is 6.92 Å². The molecule has 1 unspecified atom stereocenters. The van der Waals surface area contributed by atoms with Crippen LogP contribution in [0.2, 0.25) is 0 Å². The van der Waals surface area contributed by atoms with Crippen LogP contribution >= 0.6 is 11.8 Å². The van der Waals surface area contributed by atoms with E-state index in [9.17, 15) is 14.3 Å². The van der Waals surface area contributed by atoms with Gasteiger partial charge in [0.25, 0.3) is 0 Å². The highest BCUT2D eigenvalue weighted by molar-refractivity contribution is 8.00. The monoisotopic (exact) mass is 470 g/mol. The second-order valence-electron chi connectivity index (χ2n) is 8.68. The van der Waals surface area contributed by atoms with Crippen LogP contribution in [0.15, 0.2) is 59.0 Å². The lowest BCUT2D eigenvalue weighted by molar-refractivity contribution is -0.138. The van der Waals surface area contributed by atoms with Gasteiger partial charge >= 0.3 is 5.97 Å². The van der Waals surface area contributed by atoms with Gasteiger partial charge in [0.05, 0.1) is 6.61 Å². The number of hydrogen-bond donors (Lipinski definition) is 1. The molecule has 1 N–H and O–H groups in total. The number of carboxylic acid groups (broad SMARTS) is 1. The number of furan rings is 1. The van der Waals surface area contributed by atoms with Gasteiger partial charge in [-0.2, -0.15) is 0 Å². The first-order valence-corrected chi connectivity index (χ1v) is 12.1. The normalized spacial score (nSPS) is 12.5. The summed E-state index contributed by atoms with van der Waals surface area (Å²) >= 11 is 1.39. The van der Waals surface area contributed by atoms with Crippen molar-refractivity contribution in [1.82, 2.24) is 0 Å². The van der Waals surface area contributed by atoms with Crippen LogP contribution in [0.3, 0.4) is 0 Å². The topological polar surface area (TPSA) is 59.7 Å². The van der Waals surface area contributed by atoms with Crippen molar-refractivity contribution in [2.24, 2.45) is 0 Å². The summed E-state index contributed by atoms with van der Waals surface area (Å²) in [7, 11) is 0. The van der Waals surface area contributed by atoms with E-state index in [1.54, 1.807) is 26.0 Å². The predicted octanol–water partition coefficient (Wildman–Crippen LogP) is 7.45. The molecule has 0 spiro atoms. The van der Waals surface area contributed by atoms with Crippen LogP contribution in [-0.2, 0) is 10.5 Å². The van der Waals surface area contributed by atoms with E-state index in [0.29, 0.717) is 12.4 Å². The number of benzene rings is 2. The van der Waals surface area contributed by atoms with Gasteiger partial charge in [-0.05, 0) is 75.2 Å². The standard InChI is InChI=1S/C27H31FO4S/c1-5-7-21(24-15-25(32-18(24)2)20-10-12-22(28)13-11-20)16-31-23-9-6-8-19(14-23)17-33-27(3,4)26(29)30/h6,8-15,21H,5,7,16-17H2,1-4H3,(H,29,30). The molecule has 0 aliphatic heterocycles. The minimum Gasteiger partial charge on any atom is -0.493 e. The molecule has 4 nitrogen and oxygen atoms in total. The van der Waals surface area contributed by atoms with Crippen molar-refractivity contribution < 1.29 is 23.4 Å². The van der Waals surface area contributed by atoms with Crippen LogP contribution in [0.25, 0.3) is 11.3 Å². The van der Waals surface area contributed by atoms with E-state index in [0.717, 1.165) is 46.8 Å². The minimum atomic E-state index is -0.843. The zero-order chi connectivity index (χ0) is 24.0. The first kappa shape index (κ1) is 24.9. The molecule has 0 radical (unpaired) electrons. The van der Waals surface area contributed by atoms with Gasteiger partial charge < -0.3 is 14.3 Å². The predicted molar refractivity (Wildman–Crippen MR) is 131 cm³/mol. The van der Waals surface area contributed by atoms with Gasteiger partial charge in [0.2, 0.25) is 0 Å². The lowest BCUT2D eigenvalue weighted by Crippen LogP contribution is -2.27. The maximum atomic E-state index is 13.3. The van der Waals surface area contributed by atoms with Gasteiger partial charge in [-0.3, -0.25) is 4.79 Å². The molecule has 0 saturated heterocycles. The summed E-state index contributed by atoms with van der Waals surface area (Å²) in [6.07, 6.45) is 1.96. The largest absolute Gasteiger partial charge is 0.493 e. The quantitative estimate of drug-likeness (QED) is 0.315. The molecule has 0 saturated carbocycles. The van der Waals surface area contributed by atoms with Crippen LogP contribution in [0.5, 0.6) is 5.75 Å². The first-order chi connectivity index (χ1) is 15.7. The van der Waals surface area contributed by atoms with Crippen LogP contribution in [0.4, 0.5) is 4.39 Å². The summed E-state index contributed by atoms with van der Waals surface area (Å²) < 4.78 is 24.6. The van der Waals surface area contributed by atoms with Gasteiger partial charge in [-0.25, -0.2) is 4.39 Å². The van der Waals surface area contributed by atoms with E-state index in [1.165, 1.54) is 23.9 Å². The lowest BCUT2D eigenvalue weighted by Gasteiger charge is -2.19. The third kappa shape index (κ3) is 6.64. The van der Waals surface area contributed by atoms with Crippen LogP contribution in [0.1, 0.15) is 56.4 Å². The molecule has 0 amide bonds. The zero-order valence-electron chi connectivity index (χ0n) is 19.6. The fourth-order valence-corrected chi connectivity index (χ4v) is 4.41. The second-order valence-corrected chi connectivity index (χ2v) is 10.3. The van der Waals surface area contributed by atoms with Crippen molar-refractivity contribution in [3.63, 3.8) is 0 Å². The third-order valence-corrected chi connectivity index (χ3v) is 7.00. The molecule has 0 aliphatic rings. The van der Waals surface area contributed by atoms with Gasteiger partial charge in [-0.1, -0.05) is 25.5 Å². The Bertz CT molecular complexity index is 1070. The highest BCUT2D eigenvalue weighted by Crippen LogP contribution is 2.33. The maximum Gasteiger partial charge on any atom is 0.319 e. The van der Waals surface area contributed by atoms with Crippen LogP contribution in [-0.4, -0.2) is 22.4 Å². The molecule has 0 fully saturated rings. The molecule has 1 heterocycles. The highest BCUT2D eigenvalue weighted by atomic mass is 32.2. The molecule has 33 heavy (non-hydrogen) atoms.